The summed E-state index contributed by atoms with van der Waals surface area (Å²) in [7, 11) is 0. The van der Waals surface area contributed by atoms with Crippen molar-refractivity contribution in [1.82, 2.24) is 0 Å². The van der Waals surface area contributed by atoms with Gasteiger partial charge in [0.05, 0.1) is 17.3 Å². The number of para-hydroxylation sites is 1. The van der Waals surface area contributed by atoms with Gasteiger partial charge in [-0.15, -0.1) is 0 Å². The first-order valence-corrected chi connectivity index (χ1v) is 11.9. The number of hydrogen-bond donors (Lipinski definition) is 1. The van der Waals surface area contributed by atoms with Crippen LogP contribution in [0.4, 0.5) is 15.8 Å². The van der Waals surface area contributed by atoms with Crippen LogP contribution in [0.2, 0.25) is 5.02 Å². The first-order chi connectivity index (χ1) is 16.2. The summed E-state index contributed by atoms with van der Waals surface area (Å²) in [5, 5.41) is 4.19. The van der Waals surface area contributed by atoms with Gasteiger partial charge in [0.2, 0.25) is 0 Å². The highest BCUT2D eigenvalue weighted by Gasteiger charge is 2.15. The predicted octanol–water partition coefficient (Wildman–Crippen LogP) is 7.06. The summed E-state index contributed by atoms with van der Waals surface area (Å²) in [5.74, 6) is 0.979. The Balaban J connectivity index is 1.48. The lowest BCUT2D eigenvalue weighted by Gasteiger charge is -2.29. The maximum atomic E-state index is 14.1. The fraction of sp³-hybridized carbons (Fsp3) is 0.333. The van der Waals surface area contributed by atoms with Crippen LogP contribution in [0.5, 0.6) is 11.5 Å². The predicted molar refractivity (Wildman–Crippen MR) is 133 cm³/mol. The van der Waals surface area contributed by atoms with Crippen LogP contribution in [0, 0.1) is 5.82 Å². The number of ether oxygens (including phenoxy) is 2. The van der Waals surface area contributed by atoms with Gasteiger partial charge in [-0.05, 0) is 56.5 Å². The Morgan fingerprint density at radius 3 is 2.48 bits per heavy atom. The number of rotatable bonds is 9. The minimum absolute atomic E-state index is 0.125. The van der Waals surface area contributed by atoms with Crippen LogP contribution in [-0.2, 0) is 13.2 Å². The Hall–Kier alpha value is -2.92. The van der Waals surface area contributed by atoms with Crippen LogP contribution in [0.3, 0.4) is 0 Å². The van der Waals surface area contributed by atoms with Crippen molar-refractivity contribution < 1.29 is 13.9 Å². The first kappa shape index (κ1) is 23.2. The van der Waals surface area contributed by atoms with Crippen molar-refractivity contribution in [3.05, 3.63) is 82.6 Å². The Kier molecular flexibility index (Phi) is 7.95. The quantitative estimate of drug-likeness (QED) is 0.364. The molecule has 4 rings (SSSR count). The minimum Gasteiger partial charge on any atom is -0.490 e. The second-order valence-electron chi connectivity index (χ2n) is 8.12. The Bertz CT molecular complexity index is 1070. The van der Waals surface area contributed by atoms with E-state index >= 15 is 0 Å². The van der Waals surface area contributed by atoms with E-state index in [-0.39, 0.29) is 12.4 Å². The average Bonchev–Trinajstić information content (AvgIpc) is 2.84. The average molecular weight is 469 g/mol. The highest BCUT2D eigenvalue weighted by molar-refractivity contribution is 6.33. The van der Waals surface area contributed by atoms with E-state index in [9.17, 15) is 4.39 Å². The molecule has 0 radical (unpaired) electrons. The molecule has 6 heteroatoms. The van der Waals surface area contributed by atoms with Crippen LogP contribution >= 0.6 is 11.6 Å². The molecule has 1 heterocycles. The van der Waals surface area contributed by atoms with Gasteiger partial charge in [-0.25, -0.2) is 4.39 Å². The molecule has 3 aromatic carbocycles. The third-order valence-electron chi connectivity index (χ3n) is 5.82. The minimum atomic E-state index is -0.283. The fourth-order valence-electron chi connectivity index (χ4n) is 4.10. The first-order valence-electron chi connectivity index (χ1n) is 11.5. The largest absolute Gasteiger partial charge is 0.490 e. The van der Waals surface area contributed by atoms with E-state index in [1.807, 2.05) is 31.2 Å². The highest BCUT2D eigenvalue weighted by atomic mass is 35.5. The van der Waals surface area contributed by atoms with Crippen LogP contribution in [0.15, 0.2) is 60.7 Å². The van der Waals surface area contributed by atoms with E-state index in [2.05, 4.69) is 22.3 Å². The van der Waals surface area contributed by atoms with Crippen molar-refractivity contribution in [3.8, 4) is 11.5 Å². The molecule has 0 aromatic heterocycles. The van der Waals surface area contributed by atoms with E-state index in [4.69, 9.17) is 21.1 Å². The summed E-state index contributed by atoms with van der Waals surface area (Å²) in [5.41, 5.74) is 3.45. The SMILES string of the molecule is CCOc1cccc(CNc2ccc(N3CCCCC3)c(Cl)c2)c1OCc1ccccc1F. The monoisotopic (exact) mass is 468 g/mol. The number of halogens is 2. The molecule has 4 nitrogen and oxygen atoms in total. The van der Waals surface area contributed by atoms with Gasteiger partial charge < -0.3 is 19.7 Å². The molecule has 1 aliphatic rings. The van der Waals surface area contributed by atoms with E-state index in [0.29, 0.717) is 30.2 Å². The molecule has 1 N–H and O–H groups in total. The summed E-state index contributed by atoms with van der Waals surface area (Å²) in [6.07, 6.45) is 3.71. The summed E-state index contributed by atoms with van der Waals surface area (Å²) in [4.78, 5) is 2.36. The lowest BCUT2D eigenvalue weighted by molar-refractivity contribution is 0.263. The lowest BCUT2D eigenvalue weighted by atomic mass is 10.1. The van der Waals surface area contributed by atoms with E-state index in [1.165, 1.54) is 25.3 Å². The molecule has 174 valence electrons. The molecule has 1 fully saturated rings. The molecule has 0 saturated carbocycles. The summed E-state index contributed by atoms with van der Waals surface area (Å²) >= 11 is 6.61. The van der Waals surface area contributed by atoms with Gasteiger partial charge in [0.15, 0.2) is 11.5 Å². The Morgan fingerprint density at radius 1 is 0.939 bits per heavy atom. The summed E-state index contributed by atoms with van der Waals surface area (Å²) in [6.45, 7) is 5.20. The molecule has 0 aliphatic carbocycles. The van der Waals surface area contributed by atoms with E-state index in [1.54, 1.807) is 18.2 Å². The van der Waals surface area contributed by atoms with Gasteiger partial charge in [-0.3, -0.25) is 0 Å². The molecule has 1 aliphatic heterocycles. The van der Waals surface area contributed by atoms with E-state index in [0.717, 1.165) is 35.1 Å². The van der Waals surface area contributed by atoms with Crippen molar-refractivity contribution >= 4 is 23.0 Å². The van der Waals surface area contributed by atoms with Crippen molar-refractivity contribution in [2.75, 3.05) is 29.9 Å². The summed E-state index contributed by atoms with van der Waals surface area (Å²) < 4.78 is 25.9. The third kappa shape index (κ3) is 5.91. The molecule has 1 saturated heterocycles. The van der Waals surface area contributed by atoms with Crippen LogP contribution in [0.1, 0.15) is 37.3 Å². The fourth-order valence-corrected chi connectivity index (χ4v) is 4.40. The molecule has 0 bridgehead atoms. The number of benzene rings is 3. The Morgan fingerprint density at radius 2 is 1.73 bits per heavy atom. The molecule has 0 amide bonds. The van der Waals surface area contributed by atoms with Crippen LogP contribution in [0.25, 0.3) is 0 Å². The molecule has 0 spiro atoms. The topological polar surface area (TPSA) is 33.7 Å². The normalized spacial score (nSPS) is 13.6. The highest BCUT2D eigenvalue weighted by Crippen LogP contribution is 2.34. The zero-order valence-corrected chi connectivity index (χ0v) is 19.7. The number of hydrogen-bond acceptors (Lipinski definition) is 4. The number of piperidine rings is 1. The van der Waals surface area contributed by atoms with Gasteiger partial charge in [-0.2, -0.15) is 0 Å². The molecule has 0 atom stereocenters. The number of anilines is 2. The smallest absolute Gasteiger partial charge is 0.166 e. The standard InChI is InChI=1S/C27H30ClFN2O2/c1-2-32-26-12-8-10-20(27(26)33-19-21-9-4-5-11-24(21)29)18-30-22-13-14-25(23(28)17-22)31-15-6-3-7-16-31/h4-5,8-14,17,30H,2-3,6-7,15-16,18-19H2,1H3. The maximum Gasteiger partial charge on any atom is 0.166 e. The number of nitrogens with one attached hydrogen (secondary N) is 1. The Labute approximate surface area is 200 Å². The molecule has 3 aromatic rings. The zero-order chi connectivity index (χ0) is 23.0. The van der Waals surface area contributed by atoms with Gasteiger partial charge >= 0.3 is 0 Å². The van der Waals surface area contributed by atoms with Crippen molar-refractivity contribution in [2.24, 2.45) is 0 Å². The van der Waals surface area contributed by atoms with Gasteiger partial charge in [0, 0.05) is 36.4 Å². The second-order valence-corrected chi connectivity index (χ2v) is 8.53. The summed E-state index contributed by atoms with van der Waals surface area (Å²) in [6, 6.07) is 18.5. The van der Waals surface area contributed by atoms with Gasteiger partial charge in [0.25, 0.3) is 0 Å². The third-order valence-corrected chi connectivity index (χ3v) is 6.12. The van der Waals surface area contributed by atoms with E-state index < -0.39 is 0 Å². The van der Waals surface area contributed by atoms with Gasteiger partial charge in [0.1, 0.15) is 12.4 Å². The number of nitrogens with zero attached hydrogens (tertiary/aromatic N) is 1. The molecular weight excluding hydrogens is 439 g/mol. The molecule has 33 heavy (non-hydrogen) atoms. The van der Waals surface area contributed by atoms with Gasteiger partial charge in [-0.1, -0.05) is 41.9 Å². The lowest BCUT2D eigenvalue weighted by Crippen LogP contribution is -2.29. The van der Waals surface area contributed by atoms with Crippen LogP contribution in [-0.4, -0.2) is 19.7 Å². The molecule has 0 unspecified atom stereocenters. The maximum absolute atomic E-state index is 14.1. The zero-order valence-electron chi connectivity index (χ0n) is 18.9. The molecular formula is C27H30ClFN2O2. The van der Waals surface area contributed by atoms with Crippen molar-refractivity contribution in [2.45, 2.75) is 39.3 Å². The second kappa shape index (κ2) is 11.3. The van der Waals surface area contributed by atoms with Crippen molar-refractivity contribution in [3.63, 3.8) is 0 Å². The van der Waals surface area contributed by atoms with Crippen LogP contribution < -0.4 is 19.7 Å². The van der Waals surface area contributed by atoms with Crippen molar-refractivity contribution in [1.29, 1.82) is 0 Å².